The topological polar surface area (TPSA) is 83.6 Å². The fourth-order valence-electron chi connectivity index (χ4n) is 3.44. The number of carbonyl (C=O) groups excluding carboxylic acids is 4. The highest BCUT2D eigenvalue weighted by Gasteiger charge is 2.62. The zero-order chi connectivity index (χ0) is 15.6. The van der Waals surface area contributed by atoms with Gasteiger partial charge in [-0.1, -0.05) is 6.07 Å². The minimum Gasteiger partial charge on any atom is -0.295 e. The molecule has 0 aromatic heterocycles. The fourth-order valence-corrected chi connectivity index (χ4v) is 3.44. The van der Waals surface area contributed by atoms with Gasteiger partial charge in [-0.15, -0.1) is 0 Å². The molecule has 0 bridgehead atoms. The summed E-state index contributed by atoms with van der Waals surface area (Å²) in [5.41, 5.74) is -1.01. The third-order valence-corrected chi connectivity index (χ3v) is 4.65. The van der Waals surface area contributed by atoms with E-state index in [-0.39, 0.29) is 17.5 Å². The first-order valence-electron chi connectivity index (χ1n) is 6.95. The molecule has 1 saturated heterocycles. The number of halogens is 1. The van der Waals surface area contributed by atoms with E-state index in [0.29, 0.717) is 12.8 Å². The van der Waals surface area contributed by atoms with Crippen molar-refractivity contribution in [3.05, 3.63) is 35.1 Å². The Kier molecular flexibility index (Phi) is 2.38. The highest BCUT2D eigenvalue weighted by atomic mass is 19.1. The van der Waals surface area contributed by atoms with Crippen molar-refractivity contribution >= 4 is 23.6 Å². The molecule has 4 rings (SSSR count). The molecule has 1 aromatic carbocycles. The Morgan fingerprint density at radius 3 is 2.50 bits per heavy atom. The SMILES string of the molecule is O=C1CC2(CC2)C(N2C(=O)c3cccc(F)c3C2=O)C(=O)N1. The van der Waals surface area contributed by atoms with E-state index in [4.69, 9.17) is 0 Å². The van der Waals surface area contributed by atoms with Crippen LogP contribution in [0.2, 0.25) is 0 Å². The van der Waals surface area contributed by atoms with Crippen LogP contribution in [0.1, 0.15) is 40.0 Å². The minimum absolute atomic E-state index is 0.0366. The van der Waals surface area contributed by atoms with E-state index in [1.807, 2.05) is 0 Å². The normalized spacial score (nSPS) is 25.5. The number of nitrogens with one attached hydrogen (secondary N) is 1. The van der Waals surface area contributed by atoms with Crippen LogP contribution in [-0.4, -0.2) is 34.6 Å². The van der Waals surface area contributed by atoms with Crippen LogP contribution in [0.3, 0.4) is 0 Å². The highest BCUT2D eigenvalue weighted by Crippen LogP contribution is 2.55. The Morgan fingerprint density at radius 1 is 1.14 bits per heavy atom. The number of hydrogen-bond acceptors (Lipinski definition) is 4. The monoisotopic (exact) mass is 302 g/mol. The summed E-state index contributed by atoms with van der Waals surface area (Å²) in [7, 11) is 0. The molecule has 1 aromatic rings. The highest BCUT2D eigenvalue weighted by molar-refractivity contribution is 6.23. The number of benzene rings is 1. The maximum Gasteiger partial charge on any atom is 0.265 e. The summed E-state index contributed by atoms with van der Waals surface area (Å²) in [5, 5.41) is 2.17. The average molecular weight is 302 g/mol. The van der Waals surface area contributed by atoms with Crippen molar-refractivity contribution in [2.75, 3.05) is 0 Å². The Balaban J connectivity index is 1.80. The molecule has 1 atom stereocenters. The first-order valence-corrected chi connectivity index (χ1v) is 6.95. The van der Waals surface area contributed by atoms with E-state index in [1.54, 1.807) is 0 Å². The molecule has 7 heteroatoms. The van der Waals surface area contributed by atoms with Crippen LogP contribution in [0, 0.1) is 11.2 Å². The summed E-state index contributed by atoms with van der Waals surface area (Å²) in [6, 6.07) is 2.77. The molecule has 1 unspecified atom stereocenters. The predicted octanol–water partition coefficient (Wildman–Crippen LogP) is 0.617. The van der Waals surface area contributed by atoms with Gasteiger partial charge in [0, 0.05) is 11.8 Å². The second kappa shape index (κ2) is 4.00. The van der Waals surface area contributed by atoms with Gasteiger partial charge in [0.25, 0.3) is 11.8 Å². The van der Waals surface area contributed by atoms with Crippen LogP contribution >= 0.6 is 0 Å². The quantitative estimate of drug-likeness (QED) is 0.771. The van der Waals surface area contributed by atoms with Crippen molar-refractivity contribution in [2.24, 2.45) is 5.41 Å². The summed E-state index contributed by atoms with van der Waals surface area (Å²) in [5.74, 6) is -3.33. The maximum absolute atomic E-state index is 13.9. The molecule has 1 spiro atoms. The molecular weight excluding hydrogens is 291 g/mol. The molecule has 1 N–H and O–H groups in total. The van der Waals surface area contributed by atoms with Gasteiger partial charge in [0.05, 0.1) is 11.1 Å². The van der Waals surface area contributed by atoms with E-state index in [2.05, 4.69) is 5.32 Å². The van der Waals surface area contributed by atoms with Crippen molar-refractivity contribution in [2.45, 2.75) is 25.3 Å². The lowest BCUT2D eigenvalue weighted by atomic mass is 9.87. The molecule has 1 aliphatic carbocycles. The number of nitrogens with zero attached hydrogens (tertiary/aromatic N) is 1. The van der Waals surface area contributed by atoms with E-state index in [0.717, 1.165) is 11.0 Å². The van der Waals surface area contributed by atoms with Gasteiger partial charge in [-0.05, 0) is 25.0 Å². The van der Waals surface area contributed by atoms with E-state index >= 15 is 0 Å². The van der Waals surface area contributed by atoms with Gasteiger partial charge in [0.15, 0.2) is 0 Å². The number of carbonyl (C=O) groups is 4. The first kappa shape index (κ1) is 13.1. The number of hydrogen-bond donors (Lipinski definition) is 1. The number of piperidine rings is 1. The van der Waals surface area contributed by atoms with Gasteiger partial charge >= 0.3 is 0 Å². The third kappa shape index (κ3) is 1.53. The predicted molar refractivity (Wildman–Crippen MR) is 70.1 cm³/mol. The second-order valence-corrected chi connectivity index (χ2v) is 6.00. The fraction of sp³-hybridized carbons (Fsp3) is 0.333. The summed E-state index contributed by atoms with van der Waals surface area (Å²) in [6.07, 6.45) is 1.28. The van der Waals surface area contributed by atoms with Crippen LogP contribution in [-0.2, 0) is 9.59 Å². The van der Waals surface area contributed by atoms with Crippen LogP contribution in [0.25, 0.3) is 0 Å². The van der Waals surface area contributed by atoms with E-state index in [9.17, 15) is 23.6 Å². The maximum atomic E-state index is 13.9. The zero-order valence-corrected chi connectivity index (χ0v) is 11.4. The number of fused-ring (bicyclic) bond motifs is 1. The molecule has 2 heterocycles. The molecule has 2 fully saturated rings. The molecule has 6 nitrogen and oxygen atoms in total. The van der Waals surface area contributed by atoms with Gasteiger partial charge in [0.2, 0.25) is 11.8 Å². The lowest BCUT2D eigenvalue weighted by molar-refractivity contribution is -0.139. The molecule has 2 aliphatic heterocycles. The van der Waals surface area contributed by atoms with Crippen molar-refractivity contribution in [3.8, 4) is 0 Å². The van der Waals surface area contributed by atoms with Crippen LogP contribution in [0.5, 0.6) is 0 Å². The van der Waals surface area contributed by atoms with Gasteiger partial charge in [-0.25, -0.2) is 4.39 Å². The van der Waals surface area contributed by atoms with Crippen molar-refractivity contribution in [3.63, 3.8) is 0 Å². The Labute approximate surface area is 124 Å². The van der Waals surface area contributed by atoms with Crippen molar-refractivity contribution in [1.82, 2.24) is 10.2 Å². The molecule has 112 valence electrons. The molecule has 4 amide bonds. The average Bonchev–Trinajstić information content (AvgIpc) is 3.15. The van der Waals surface area contributed by atoms with Gasteiger partial charge < -0.3 is 0 Å². The van der Waals surface area contributed by atoms with Crippen LogP contribution in [0.15, 0.2) is 18.2 Å². The molecule has 22 heavy (non-hydrogen) atoms. The van der Waals surface area contributed by atoms with Crippen molar-refractivity contribution in [1.29, 1.82) is 0 Å². The summed E-state index contributed by atoms with van der Waals surface area (Å²) < 4.78 is 13.9. The third-order valence-electron chi connectivity index (χ3n) is 4.65. The molecule has 3 aliphatic rings. The lowest BCUT2D eigenvalue weighted by Gasteiger charge is -2.35. The van der Waals surface area contributed by atoms with Gasteiger partial charge in [-0.2, -0.15) is 0 Å². The summed E-state index contributed by atoms with van der Waals surface area (Å²) in [6.45, 7) is 0. The Bertz CT molecular complexity index is 769. The number of imide groups is 2. The van der Waals surface area contributed by atoms with Gasteiger partial charge in [0.1, 0.15) is 11.9 Å². The van der Waals surface area contributed by atoms with Crippen LogP contribution in [0.4, 0.5) is 4.39 Å². The number of rotatable bonds is 1. The Hall–Kier alpha value is -2.57. The van der Waals surface area contributed by atoms with Crippen molar-refractivity contribution < 1.29 is 23.6 Å². The Morgan fingerprint density at radius 2 is 1.86 bits per heavy atom. The minimum atomic E-state index is -1.04. The standard InChI is InChI=1S/C15H11FN2O4/c16-8-3-1-2-7-10(8)14(22)18(13(7)21)11-12(20)17-9(19)6-15(11)4-5-15/h1-3,11H,4-6H2,(H,17,19,20). The molecular formula is C15H11FN2O4. The largest absolute Gasteiger partial charge is 0.295 e. The summed E-state index contributed by atoms with van der Waals surface area (Å²) >= 11 is 0. The first-order chi connectivity index (χ1) is 10.4. The van der Waals surface area contributed by atoms with E-state index < -0.39 is 40.9 Å². The zero-order valence-electron chi connectivity index (χ0n) is 11.4. The smallest absolute Gasteiger partial charge is 0.265 e. The second-order valence-electron chi connectivity index (χ2n) is 6.00. The van der Waals surface area contributed by atoms with Crippen LogP contribution < -0.4 is 5.32 Å². The van der Waals surface area contributed by atoms with Gasteiger partial charge in [-0.3, -0.25) is 29.4 Å². The van der Waals surface area contributed by atoms with E-state index in [1.165, 1.54) is 12.1 Å². The summed E-state index contributed by atoms with van der Waals surface area (Å²) in [4.78, 5) is 49.5. The lowest BCUT2D eigenvalue weighted by Crippen LogP contribution is -2.59. The molecule has 0 radical (unpaired) electrons. The molecule has 1 saturated carbocycles. The number of amides is 4.